The van der Waals surface area contributed by atoms with Crippen LogP contribution in [0.25, 0.3) is 0 Å². The standard InChI is InChI=1S/C13H18O2S/c1-10(2)16-9-8-12(13(14)15)11-6-4-3-5-7-11/h3-7,10,12H,8-9H2,1-2H3,(H,14,15)/t12-/m0/s1. The van der Waals surface area contributed by atoms with Crippen LogP contribution in [-0.2, 0) is 4.79 Å². The van der Waals surface area contributed by atoms with E-state index in [1.807, 2.05) is 42.1 Å². The van der Waals surface area contributed by atoms with Gasteiger partial charge in [-0.15, -0.1) is 0 Å². The molecule has 16 heavy (non-hydrogen) atoms. The second kappa shape index (κ2) is 6.59. The lowest BCUT2D eigenvalue weighted by Gasteiger charge is -2.13. The molecule has 1 atom stereocenters. The summed E-state index contributed by atoms with van der Waals surface area (Å²) in [5.41, 5.74) is 0.902. The molecule has 0 amide bonds. The van der Waals surface area contributed by atoms with Crippen molar-refractivity contribution in [2.75, 3.05) is 5.75 Å². The highest BCUT2D eigenvalue weighted by Crippen LogP contribution is 2.23. The molecule has 1 rings (SSSR count). The normalized spacial score (nSPS) is 12.7. The van der Waals surface area contributed by atoms with E-state index in [0.29, 0.717) is 11.7 Å². The Bertz CT molecular complexity index is 322. The van der Waals surface area contributed by atoms with E-state index in [4.69, 9.17) is 0 Å². The van der Waals surface area contributed by atoms with Crippen molar-refractivity contribution >= 4 is 17.7 Å². The van der Waals surface area contributed by atoms with Gasteiger partial charge in [0, 0.05) is 0 Å². The molecule has 0 radical (unpaired) electrons. The highest BCUT2D eigenvalue weighted by atomic mass is 32.2. The third-order valence-electron chi connectivity index (χ3n) is 2.36. The van der Waals surface area contributed by atoms with Crippen LogP contribution in [0.1, 0.15) is 31.7 Å². The van der Waals surface area contributed by atoms with Crippen LogP contribution in [0.5, 0.6) is 0 Å². The highest BCUT2D eigenvalue weighted by Gasteiger charge is 2.18. The lowest BCUT2D eigenvalue weighted by molar-refractivity contribution is -0.138. The van der Waals surface area contributed by atoms with E-state index in [0.717, 1.165) is 11.3 Å². The number of carbonyl (C=O) groups is 1. The van der Waals surface area contributed by atoms with E-state index in [1.165, 1.54) is 0 Å². The van der Waals surface area contributed by atoms with Gasteiger partial charge in [-0.25, -0.2) is 0 Å². The van der Waals surface area contributed by atoms with E-state index >= 15 is 0 Å². The van der Waals surface area contributed by atoms with Crippen molar-refractivity contribution in [3.05, 3.63) is 35.9 Å². The summed E-state index contributed by atoms with van der Waals surface area (Å²) < 4.78 is 0. The summed E-state index contributed by atoms with van der Waals surface area (Å²) in [7, 11) is 0. The van der Waals surface area contributed by atoms with Gasteiger partial charge in [-0.1, -0.05) is 44.2 Å². The quantitative estimate of drug-likeness (QED) is 0.825. The van der Waals surface area contributed by atoms with Gasteiger partial charge < -0.3 is 5.11 Å². The minimum Gasteiger partial charge on any atom is -0.481 e. The Morgan fingerprint density at radius 1 is 1.31 bits per heavy atom. The van der Waals surface area contributed by atoms with Crippen molar-refractivity contribution in [1.29, 1.82) is 0 Å². The van der Waals surface area contributed by atoms with Gasteiger partial charge in [0.1, 0.15) is 0 Å². The minimum atomic E-state index is -0.726. The first kappa shape index (κ1) is 13.1. The zero-order valence-electron chi connectivity index (χ0n) is 9.72. The maximum absolute atomic E-state index is 11.2. The van der Waals surface area contributed by atoms with Gasteiger partial charge >= 0.3 is 5.97 Å². The number of thioether (sulfide) groups is 1. The van der Waals surface area contributed by atoms with Crippen molar-refractivity contribution < 1.29 is 9.90 Å². The van der Waals surface area contributed by atoms with Gasteiger partial charge in [-0.2, -0.15) is 11.8 Å². The van der Waals surface area contributed by atoms with Crippen LogP contribution >= 0.6 is 11.8 Å². The first-order valence-corrected chi connectivity index (χ1v) is 6.55. The maximum Gasteiger partial charge on any atom is 0.311 e. The molecule has 0 bridgehead atoms. The van der Waals surface area contributed by atoms with Crippen LogP contribution in [0.15, 0.2) is 30.3 Å². The molecule has 0 aliphatic carbocycles. The lowest BCUT2D eigenvalue weighted by Crippen LogP contribution is -2.12. The average molecular weight is 238 g/mol. The lowest BCUT2D eigenvalue weighted by atomic mass is 9.97. The fraction of sp³-hybridized carbons (Fsp3) is 0.462. The molecule has 0 saturated heterocycles. The first-order chi connectivity index (χ1) is 7.61. The Kier molecular flexibility index (Phi) is 5.39. The molecular formula is C13H18O2S. The number of hydrogen-bond acceptors (Lipinski definition) is 2. The Morgan fingerprint density at radius 3 is 2.44 bits per heavy atom. The molecule has 0 heterocycles. The van der Waals surface area contributed by atoms with Crippen LogP contribution in [0.3, 0.4) is 0 Å². The molecule has 1 aromatic carbocycles. The van der Waals surface area contributed by atoms with E-state index in [-0.39, 0.29) is 5.92 Å². The number of carboxylic acids is 1. The van der Waals surface area contributed by atoms with Crippen molar-refractivity contribution in [3.63, 3.8) is 0 Å². The zero-order valence-corrected chi connectivity index (χ0v) is 10.5. The van der Waals surface area contributed by atoms with Gasteiger partial charge in [0.2, 0.25) is 0 Å². The monoisotopic (exact) mass is 238 g/mol. The van der Waals surface area contributed by atoms with Crippen molar-refractivity contribution in [2.24, 2.45) is 0 Å². The summed E-state index contributed by atoms with van der Waals surface area (Å²) in [5, 5.41) is 9.74. The van der Waals surface area contributed by atoms with Gasteiger partial charge in [0.05, 0.1) is 5.92 Å². The molecular weight excluding hydrogens is 220 g/mol. The second-order valence-electron chi connectivity index (χ2n) is 4.01. The van der Waals surface area contributed by atoms with Crippen LogP contribution in [-0.4, -0.2) is 22.1 Å². The SMILES string of the molecule is CC(C)SCC[C@H](C(=O)O)c1ccccc1. The smallest absolute Gasteiger partial charge is 0.311 e. The molecule has 0 spiro atoms. The van der Waals surface area contributed by atoms with Gasteiger partial charge in [0.15, 0.2) is 0 Å². The maximum atomic E-state index is 11.2. The number of rotatable bonds is 6. The fourth-order valence-corrected chi connectivity index (χ4v) is 2.38. The summed E-state index contributed by atoms with van der Waals surface area (Å²) in [6.07, 6.45) is 0.697. The molecule has 3 heteroatoms. The van der Waals surface area contributed by atoms with Crippen molar-refractivity contribution in [3.8, 4) is 0 Å². The minimum absolute atomic E-state index is 0.368. The number of carboxylic acid groups (broad SMARTS) is 1. The van der Waals surface area contributed by atoms with Crippen LogP contribution in [0.4, 0.5) is 0 Å². The predicted molar refractivity (Wildman–Crippen MR) is 69.0 cm³/mol. The van der Waals surface area contributed by atoms with Gasteiger partial charge in [0.25, 0.3) is 0 Å². The third kappa shape index (κ3) is 4.27. The number of aliphatic carboxylic acids is 1. The zero-order chi connectivity index (χ0) is 12.0. The molecule has 1 N–H and O–H groups in total. The van der Waals surface area contributed by atoms with E-state index in [2.05, 4.69) is 13.8 Å². The molecule has 0 unspecified atom stereocenters. The van der Waals surface area contributed by atoms with E-state index in [1.54, 1.807) is 0 Å². The molecule has 2 nitrogen and oxygen atoms in total. The fourth-order valence-electron chi connectivity index (χ4n) is 1.54. The predicted octanol–water partition coefficient (Wildman–Crippen LogP) is 3.39. The van der Waals surface area contributed by atoms with E-state index < -0.39 is 5.97 Å². The molecule has 0 aliphatic rings. The Labute approximate surface area is 101 Å². The molecule has 0 saturated carbocycles. The summed E-state index contributed by atoms with van der Waals surface area (Å²) in [4.78, 5) is 11.2. The first-order valence-electron chi connectivity index (χ1n) is 5.50. The highest BCUT2D eigenvalue weighted by molar-refractivity contribution is 7.99. The van der Waals surface area contributed by atoms with Gasteiger partial charge in [-0.05, 0) is 23.0 Å². The van der Waals surface area contributed by atoms with Crippen LogP contribution in [0, 0.1) is 0 Å². The Hall–Kier alpha value is -0.960. The Morgan fingerprint density at radius 2 is 1.94 bits per heavy atom. The summed E-state index contributed by atoms with van der Waals surface area (Å²) >= 11 is 1.81. The van der Waals surface area contributed by atoms with Gasteiger partial charge in [-0.3, -0.25) is 4.79 Å². The molecule has 0 aromatic heterocycles. The van der Waals surface area contributed by atoms with Crippen LogP contribution in [0.2, 0.25) is 0 Å². The number of hydrogen-bond donors (Lipinski definition) is 1. The molecule has 0 aliphatic heterocycles. The van der Waals surface area contributed by atoms with Crippen LogP contribution < -0.4 is 0 Å². The second-order valence-corrected chi connectivity index (χ2v) is 5.69. The topological polar surface area (TPSA) is 37.3 Å². The van der Waals surface area contributed by atoms with Crippen molar-refractivity contribution in [2.45, 2.75) is 31.4 Å². The average Bonchev–Trinajstić information content (AvgIpc) is 2.25. The van der Waals surface area contributed by atoms with Crippen molar-refractivity contribution in [1.82, 2.24) is 0 Å². The third-order valence-corrected chi connectivity index (χ3v) is 3.50. The molecule has 0 fully saturated rings. The van der Waals surface area contributed by atoms with E-state index in [9.17, 15) is 9.90 Å². The number of benzene rings is 1. The Balaban J connectivity index is 2.59. The molecule has 1 aromatic rings. The molecule has 88 valence electrons. The largest absolute Gasteiger partial charge is 0.481 e. The summed E-state index contributed by atoms with van der Waals surface area (Å²) in [6.45, 7) is 4.26. The summed E-state index contributed by atoms with van der Waals surface area (Å²) in [6, 6.07) is 9.46. The summed E-state index contributed by atoms with van der Waals surface area (Å²) in [5.74, 6) is -0.202.